The van der Waals surface area contributed by atoms with E-state index in [1.807, 2.05) is 37.2 Å². The molecule has 0 amide bonds. The molecule has 0 aliphatic rings. The first kappa shape index (κ1) is 18.9. The lowest BCUT2D eigenvalue weighted by atomic mass is 10.2. The van der Waals surface area contributed by atoms with Crippen LogP contribution in [0.5, 0.6) is 0 Å². The maximum Gasteiger partial charge on any atom is 0.193 e. The van der Waals surface area contributed by atoms with Crippen LogP contribution in [0, 0.1) is 12.7 Å². The third kappa shape index (κ3) is 4.84. The summed E-state index contributed by atoms with van der Waals surface area (Å²) in [6.45, 7) is 6.11. The van der Waals surface area contributed by atoms with Gasteiger partial charge < -0.3 is 14.6 Å². The summed E-state index contributed by atoms with van der Waals surface area (Å²) in [4.78, 5) is 11.4. The van der Waals surface area contributed by atoms with Crippen LogP contribution < -0.4 is 5.32 Å². The second-order valence-electron chi connectivity index (χ2n) is 6.63. The molecular weight excluding hydrogens is 341 g/mol. The van der Waals surface area contributed by atoms with Gasteiger partial charge in [0, 0.05) is 45.5 Å². The van der Waals surface area contributed by atoms with E-state index in [9.17, 15) is 4.39 Å². The van der Waals surface area contributed by atoms with Gasteiger partial charge in [-0.1, -0.05) is 18.2 Å². The van der Waals surface area contributed by atoms with E-state index in [1.54, 1.807) is 12.1 Å². The first-order valence-electron chi connectivity index (χ1n) is 9.24. The van der Waals surface area contributed by atoms with Gasteiger partial charge >= 0.3 is 0 Å². The Morgan fingerprint density at radius 2 is 2.15 bits per heavy atom. The van der Waals surface area contributed by atoms with Crippen LogP contribution in [-0.2, 0) is 13.0 Å². The molecule has 0 spiro atoms. The number of fused-ring (bicyclic) bond motifs is 1. The fourth-order valence-electron chi connectivity index (χ4n) is 3.05. The van der Waals surface area contributed by atoms with Crippen molar-refractivity contribution in [2.75, 3.05) is 20.1 Å². The summed E-state index contributed by atoms with van der Waals surface area (Å²) in [5.74, 6) is 0.590. The first-order chi connectivity index (χ1) is 13.1. The van der Waals surface area contributed by atoms with Crippen LogP contribution in [-0.4, -0.2) is 40.4 Å². The molecule has 6 heteroatoms. The smallest absolute Gasteiger partial charge is 0.193 e. The highest BCUT2D eigenvalue weighted by molar-refractivity contribution is 5.79. The van der Waals surface area contributed by atoms with Crippen molar-refractivity contribution in [2.45, 2.75) is 26.8 Å². The highest BCUT2D eigenvalue weighted by Crippen LogP contribution is 2.11. The Kier molecular flexibility index (Phi) is 6.06. The van der Waals surface area contributed by atoms with Gasteiger partial charge in [-0.3, -0.25) is 4.99 Å². The van der Waals surface area contributed by atoms with E-state index in [2.05, 4.69) is 28.9 Å². The lowest BCUT2D eigenvalue weighted by Crippen LogP contribution is -2.38. The zero-order valence-corrected chi connectivity index (χ0v) is 16.1. The van der Waals surface area contributed by atoms with Gasteiger partial charge in [-0.2, -0.15) is 0 Å². The lowest BCUT2D eigenvalue weighted by Gasteiger charge is -2.22. The van der Waals surface area contributed by atoms with Crippen LogP contribution in [0.25, 0.3) is 5.65 Å². The Labute approximate surface area is 159 Å². The van der Waals surface area contributed by atoms with Crippen molar-refractivity contribution >= 4 is 11.6 Å². The van der Waals surface area contributed by atoms with E-state index < -0.39 is 0 Å². The average Bonchev–Trinajstić information content (AvgIpc) is 3.05. The fraction of sp³-hybridized carbons (Fsp3) is 0.333. The zero-order chi connectivity index (χ0) is 19.2. The number of guanidine groups is 1. The molecule has 3 rings (SSSR count). The largest absolute Gasteiger partial charge is 0.357 e. The van der Waals surface area contributed by atoms with E-state index in [-0.39, 0.29) is 5.82 Å². The number of hydrogen-bond acceptors (Lipinski definition) is 2. The highest BCUT2D eigenvalue weighted by atomic mass is 19.1. The minimum Gasteiger partial charge on any atom is -0.357 e. The van der Waals surface area contributed by atoms with Crippen molar-refractivity contribution in [3.63, 3.8) is 0 Å². The van der Waals surface area contributed by atoms with Gasteiger partial charge in [0.1, 0.15) is 11.5 Å². The van der Waals surface area contributed by atoms with Gasteiger partial charge in [-0.25, -0.2) is 9.37 Å². The number of rotatable bonds is 6. The second-order valence-corrected chi connectivity index (χ2v) is 6.63. The normalized spacial score (nSPS) is 11.8. The van der Waals surface area contributed by atoms with Crippen LogP contribution in [0.15, 0.2) is 53.8 Å². The number of aliphatic imine (C=N–C) groups is 1. The Bertz CT molecular complexity index is 931. The van der Waals surface area contributed by atoms with Gasteiger partial charge in [0.25, 0.3) is 0 Å². The molecule has 1 aromatic carbocycles. The lowest BCUT2D eigenvalue weighted by molar-refractivity contribution is 0.475. The molecule has 0 saturated carbocycles. The third-order valence-corrected chi connectivity index (χ3v) is 4.36. The molecule has 1 N–H and O–H groups in total. The Morgan fingerprint density at radius 1 is 1.30 bits per heavy atom. The molecule has 142 valence electrons. The number of benzene rings is 1. The van der Waals surface area contributed by atoms with Crippen LogP contribution in [0.4, 0.5) is 4.39 Å². The summed E-state index contributed by atoms with van der Waals surface area (Å²) in [5, 5.41) is 3.30. The van der Waals surface area contributed by atoms with Crippen molar-refractivity contribution in [3.8, 4) is 0 Å². The minimum absolute atomic E-state index is 0.218. The summed E-state index contributed by atoms with van der Waals surface area (Å²) < 4.78 is 15.5. The predicted octanol–water partition coefficient (Wildman–Crippen LogP) is 3.42. The maximum atomic E-state index is 13.4. The van der Waals surface area contributed by atoms with Crippen molar-refractivity contribution in [2.24, 2.45) is 4.99 Å². The van der Waals surface area contributed by atoms with Crippen molar-refractivity contribution in [1.29, 1.82) is 0 Å². The molecule has 0 atom stereocenters. The molecule has 0 unspecified atom stereocenters. The number of aryl methyl sites for hydroxylation is 1. The third-order valence-electron chi connectivity index (χ3n) is 4.36. The molecule has 0 fully saturated rings. The maximum absolute atomic E-state index is 13.4. The molecule has 0 aliphatic carbocycles. The topological polar surface area (TPSA) is 44.9 Å². The van der Waals surface area contributed by atoms with Gasteiger partial charge in [0.15, 0.2) is 5.96 Å². The van der Waals surface area contributed by atoms with E-state index in [0.717, 1.165) is 41.4 Å². The first-order valence-corrected chi connectivity index (χ1v) is 9.24. The van der Waals surface area contributed by atoms with Gasteiger partial charge in [-0.05, 0) is 43.2 Å². The molecule has 0 bridgehead atoms. The fourth-order valence-corrected chi connectivity index (χ4v) is 3.05. The molecule has 27 heavy (non-hydrogen) atoms. The second kappa shape index (κ2) is 8.66. The summed E-state index contributed by atoms with van der Waals surface area (Å²) in [6.07, 6.45) is 4.84. The van der Waals surface area contributed by atoms with Crippen molar-refractivity contribution in [3.05, 3.63) is 71.4 Å². The summed E-state index contributed by atoms with van der Waals surface area (Å²) in [7, 11) is 1.96. The summed E-state index contributed by atoms with van der Waals surface area (Å²) >= 11 is 0. The molecular formula is C21H26FN5. The molecule has 0 saturated heterocycles. The van der Waals surface area contributed by atoms with Gasteiger partial charge in [-0.15, -0.1) is 0 Å². The van der Waals surface area contributed by atoms with E-state index in [0.29, 0.717) is 13.1 Å². The SMILES string of the molecule is CCNC(=NCCc1cn2cccc(C)c2n1)N(C)Cc1cccc(F)c1. The number of aromatic nitrogens is 2. The minimum atomic E-state index is -0.218. The highest BCUT2D eigenvalue weighted by Gasteiger charge is 2.08. The van der Waals surface area contributed by atoms with E-state index in [4.69, 9.17) is 9.98 Å². The molecule has 2 heterocycles. The molecule has 2 aromatic heterocycles. The van der Waals surface area contributed by atoms with Crippen molar-refractivity contribution < 1.29 is 4.39 Å². The van der Waals surface area contributed by atoms with E-state index in [1.165, 1.54) is 6.07 Å². The number of imidazole rings is 1. The predicted molar refractivity (Wildman–Crippen MR) is 107 cm³/mol. The van der Waals surface area contributed by atoms with Crippen LogP contribution >= 0.6 is 0 Å². The Morgan fingerprint density at radius 3 is 2.89 bits per heavy atom. The van der Waals surface area contributed by atoms with E-state index >= 15 is 0 Å². The Balaban J connectivity index is 1.66. The van der Waals surface area contributed by atoms with Crippen LogP contribution in [0.1, 0.15) is 23.7 Å². The Hall–Kier alpha value is -2.89. The number of pyridine rings is 1. The van der Waals surface area contributed by atoms with Crippen LogP contribution in [0.2, 0.25) is 0 Å². The van der Waals surface area contributed by atoms with Gasteiger partial charge in [0.05, 0.1) is 5.69 Å². The molecule has 5 nitrogen and oxygen atoms in total. The zero-order valence-electron chi connectivity index (χ0n) is 16.1. The summed E-state index contributed by atoms with van der Waals surface area (Å²) in [5.41, 5.74) is 4.10. The van der Waals surface area contributed by atoms with Crippen LogP contribution in [0.3, 0.4) is 0 Å². The number of nitrogens with one attached hydrogen (secondary N) is 1. The monoisotopic (exact) mass is 367 g/mol. The number of hydrogen-bond donors (Lipinski definition) is 1. The average molecular weight is 367 g/mol. The van der Waals surface area contributed by atoms with Gasteiger partial charge in [0.2, 0.25) is 0 Å². The molecule has 3 aromatic rings. The number of halogens is 1. The summed E-state index contributed by atoms with van der Waals surface area (Å²) in [6, 6.07) is 10.8. The molecule has 0 radical (unpaired) electrons. The number of nitrogens with zero attached hydrogens (tertiary/aromatic N) is 4. The quantitative estimate of drug-likeness (QED) is 0.536. The molecule has 0 aliphatic heterocycles. The standard InChI is InChI=1S/C21H26FN5/c1-4-23-21(26(3)14-17-8-5-9-18(22)13-17)24-11-10-19-15-27-12-6-7-16(2)20(27)25-19/h5-9,12-13,15H,4,10-11,14H2,1-3H3,(H,23,24). The van der Waals surface area contributed by atoms with Crippen molar-refractivity contribution in [1.82, 2.24) is 19.6 Å².